The van der Waals surface area contributed by atoms with Gasteiger partial charge >= 0.3 is 0 Å². The molecule has 0 bridgehead atoms. The van der Waals surface area contributed by atoms with E-state index in [4.69, 9.17) is 41.3 Å². The Morgan fingerprint density at radius 1 is 1.23 bits per heavy atom. The molecule has 2 amide bonds. The molecule has 6 N–H and O–H groups in total. The maximum Gasteiger partial charge on any atom is 0.273 e. The lowest BCUT2D eigenvalue weighted by molar-refractivity contribution is -0.116. The Hall–Kier alpha value is -2.57. The van der Waals surface area contributed by atoms with E-state index in [1.54, 1.807) is 30.3 Å². The monoisotopic (exact) mass is 484 g/mol. The van der Waals surface area contributed by atoms with Gasteiger partial charge in [-0.05, 0) is 42.5 Å². The van der Waals surface area contributed by atoms with Crippen molar-refractivity contribution in [2.45, 2.75) is 10.1 Å². The number of amides is 2. The minimum absolute atomic E-state index is 0.122. The molecule has 0 spiro atoms. The highest BCUT2D eigenvalue weighted by atomic mass is 35.5. The summed E-state index contributed by atoms with van der Waals surface area (Å²) in [5, 5.41) is 8.01. The highest BCUT2D eigenvalue weighted by Crippen LogP contribution is 2.29. The summed E-state index contributed by atoms with van der Waals surface area (Å²) in [6.07, 6.45) is 0. The van der Waals surface area contributed by atoms with Crippen LogP contribution in [0.1, 0.15) is 0 Å². The Labute approximate surface area is 188 Å². The number of carbonyl (C=O) groups excluding carboxylic acids is 2. The molecule has 156 valence electrons. The van der Waals surface area contributed by atoms with Gasteiger partial charge in [0.2, 0.25) is 11.0 Å². The van der Waals surface area contributed by atoms with Crippen molar-refractivity contribution >= 4 is 80.2 Å². The zero-order valence-corrected chi connectivity index (χ0v) is 18.1. The molecule has 1 aliphatic heterocycles. The molecule has 0 radical (unpaired) electrons. The van der Waals surface area contributed by atoms with Crippen LogP contribution in [0.3, 0.4) is 0 Å². The number of hydrazone groups is 1. The summed E-state index contributed by atoms with van der Waals surface area (Å²) in [4.78, 5) is 26.0. The van der Waals surface area contributed by atoms with Crippen molar-refractivity contribution in [2.24, 2.45) is 10.9 Å². The highest BCUT2D eigenvalue weighted by Gasteiger charge is 2.40. The maximum absolute atomic E-state index is 13.1. The molecule has 0 aliphatic carbocycles. The number of carbonyl (C=O) groups is 2. The Balaban J connectivity index is 1.99. The van der Waals surface area contributed by atoms with Gasteiger partial charge in [0.05, 0.1) is 32.1 Å². The van der Waals surface area contributed by atoms with Crippen molar-refractivity contribution in [2.75, 3.05) is 10.6 Å². The zero-order valence-electron chi connectivity index (χ0n) is 14.9. The fourth-order valence-corrected chi connectivity index (χ4v) is 4.35. The number of hydrazine groups is 1. The quantitative estimate of drug-likeness (QED) is 0.193. The summed E-state index contributed by atoms with van der Waals surface area (Å²) >= 11 is 16.9. The molecule has 1 aliphatic rings. The van der Waals surface area contributed by atoms with E-state index in [1.807, 2.05) is 0 Å². The lowest BCUT2D eigenvalue weighted by atomic mass is 10.2. The molecule has 2 atom stereocenters. The molecule has 1 heterocycles. The van der Waals surface area contributed by atoms with Crippen LogP contribution in [-0.4, -0.2) is 32.1 Å². The summed E-state index contributed by atoms with van der Waals surface area (Å²) < 4.78 is 13.1. The van der Waals surface area contributed by atoms with Crippen LogP contribution in [-0.2, 0) is 20.4 Å². The predicted octanol–water partition coefficient (Wildman–Crippen LogP) is 1.75. The fraction of sp³-hybridized carbons (Fsp3) is 0.0588. The molecule has 2 aromatic rings. The van der Waals surface area contributed by atoms with Gasteiger partial charge in [-0.1, -0.05) is 35.3 Å². The van der Waals surface area contributed by atoms with Crippen molar-refractivity contribution in [3.05, 3.63) is 52.5 Å². The van der Waals surface area contributed by atoms with E-state index in [-0.39, 0.29) is 15.8 Å². The first kappa shape index (κ1) is 22.1. The van der Waals surface area contributed by atoms with Crippen LogP contribution >= 0.6 is 35.4 Å². The molecule has 30 heavy (non-hydrogen) atoms. The Bertz CT molecular complexity index is 1090. The van der Waals surface area contributed by atoms with E-state index in [0.29, 0.717) is 15.6 Å². The van der Waals surface area contributed by atoms with Gasteiger partial charge in [0.15, 0.2) is 11.0 Å². The van der Waals surface area contributed by atoms with Gasteiger partial charge in [0.1, 0.15) is 0 Å². The van der Waals surface area contributed by atoms with Crippen LogP contribution in [0.5, 0.6) is 0 Å². The third-order valence-corrected chi connectivity index (χ3v) is 6.31. The molecular formula is C17H14Cl2N6O3S2. The fourth-order valence-electron chi connectivity index (χ4n) is 2.54. The number of hydrogen-bond donors (Lipinski definition) is 5. The number of nitrogens with one attached hydrogen (secondary N) is 4. The predicted molar refractivity (Wildman–Crippen MR) is 121 cm³/mol. The number of hydrogen-bond acceptors (Lipinski definition) is 6. The molecule has 0 saturated heterocycles. The second-order valence-corrected chi connectivity index (χ2v) is 8.58. The Morgan fingerprint density at radius 2 is 1.97 bits per heavy atom. The molecule has 13 heteroatoms. The van der Waals surface area contributed by atoms with Crippen molar-refractivity contribution < 1.29 is 13.8 Å². The van der Waals surface area contributed by atoms with Gasteiger partial charge in [-0.25, -0.2) is 5.84 Å². The van der Waals surface area contributed by atoms with E-state index in [1.165, 1.54) is 12.1 Å². The SMILES string of the molecule is NNC(=S)N/N=C(/C(=O)Nc1cc(Cl)ccc1Cl)[C@@H]1C(=O)Nc2ccccc2[S@]1=O. The Kier molecular flexibility index (Phi) is 7.00. The summed E-state index contributed by atoms with van der Waals surface area (Å²) in [6, 6.07) is 11.0. The average Bonchev–Trinajstić information content (AvgIpc) is 2.72. The second-order valence-electron chi connectivity index (χ2n) is 5.82. The molecule has 0 saturated carbocycles. The van der Waals surface area contributed by atoms with E-state index >= 15 is 0 Å². The second kappa shape index (κ2) is 9.49. The number of halogens is 2. The first-order chi connectivity index (χ1) is 14.3. The zero-order chi connectivity index (χ0) is 21.8. The van der Waals surface area contributed by atoms with Crippen LogP contribution < -0.4 is 27.3 Å². The average molecular weight is 485 g/mol. The van der Waals surface area contributed by atoms with E-state index in [9.17, 15) is 13.8 Å². The van der Waals surface area contributed by atoms with Crippen molar-refractivity contribution in [1.82, 2.24) is 10.9 Å². The molecule has 0 unspecified atom stereocenters. The summed E-state index contributed by atoms with van der Waals surface area (Å²) in [5.74, 6) is 3.69. The number of rotatable bonds is 4. The van der Waals surface area contributed by atoms with Crippen LogP contribution in [0.15, 0.2) is 52.5 Å². The van der Waals surface area contributed by atoms with Gasteiger partial charge in [-0.2, -0.15) is 5.10 Å². The van der Waals surface area contributed by atoms with Gasteiger partial charge in [0, 0.05) is 5.02 Å². The van der Waals surface area contributed by atoms with Crippen LogP contribution in [0.25, 0.3) is 0 Å². The van der Waals surface area contributed by atoms with Gasteiger partial charge in [-0.3, -0.25) is 24.6 Å². The van der Waals surface area contributed by atoms with Crippen LogP contribution in [0.4, 0.5) is 11.4 Å². The smallest absolute Gasteiger partial charge is 0.273 e. The Morgan fingerprint density at radius 3 is 2.70 bits per heavy atom. The topological polar surface area (TPSA) is 138 Å². The third kappa shape index (κ3) is 4.77. The minimum Gasteiger partial charge on any atom is -0.324 e. The van der Waals surface area contributed by atoms with Crippen LogP contribution in [0.2, 0.25) is 10.0 Å². The number of thiocarbonyl (C=S) groups is 1. The number of fused-ring (bicyclic) bond motifs is 1. The van der Waals surface area contributed by atoms with E-state index in [0.717, 1.165) is 0 Å². The standard InChI is InChI=1S/C17H14Cl2N6O3S2/c18-8-5-6-9(19)11(7-8)22-15(26)13(24-25-17(29)23-20)14-16(27)21-10-3-1-2-4-12(10)30(14)28/h1-7,14H,20H2,(H,21,27)(H,22,26)(H2,23,25,29)/b24-13+/t14-,30-/m1/s1. The van der Waals surface area contributed by atoms with Gasteiger partial charge < -0.3 is 10.6 Å². The highest BCUT2D eigenvalue weighted by molar-refractivity contribution is 7.88. The molecule has 2 aromatic carbocycles. The maximum atomic E-state index is 13.1. The summed E-state index contributed by atoms with van der Waals surface area (Å²) in [6.45, 7) is 0. The molecule has 3 rings (SSSR count). The minimum atomic E-state index is -1.92. The summed E-state index contributed by atoms with van der Waals surface area (Å²) in [7, 11) is -1.92. The lowest BCUT2D eigenvalue weighted by Crippen LogP contribution is -2.48. The van der Waals surface area contributed by atoms with Gasteiger partial charge in [-0.15, -0.1) is 0 Å². The largest absolute Gasteiger partial charge is 0.324 e. The molecule has 9 nitrogen and oxygen atoms in total. The third-order valence-electron chi connectivity index (χ3n) is 3.88. The normalized spacial score (nSPS) is 18.1. The van der Waals surface area contributed by atoms with Crippen molar-refractivity contribution in [1.29, 1.82) is 0 Å². The van der Waals surface area contributed by atoms with Crippen molar-refractivity contribution in [3.8, 4) is 0 Å². The first-order valence-electron chi connectivity index (χ1n) is 8.23. The number of benzene rings is 2. The number of para-hydroxylation sites is 1. The number of nitrogens with zero attached hydrogens (tertiary/aromatic N) is 1. The molecule has 0 aromatic heterocycles. The van der Waals surface area contributed by atoms with E-state index in [2.05, 4.69) is 26.6 Å². The summed E-state index contributed by atoms with van der Waals surface area (Å²) in [5.41, 5.74) is 4.65. The molecular weight excluding hydrogens is 471 g/mol. The molecule has 0 fully saturated rings. The van der Waals surface area contributed by atoms with Crippen molar-refractivity contribution in [3.63, 3.8) is 0 Å². The van der Waals surface area contributed by atoms with Crippen LogP contribution in [0, 0.1) is 0 Å². The van der Waals surface area contributed by atoms with Gasteiger partial charge in [0.25, 0.3) is 5.91 Å². The lowest BCUT2D eigenvalue weighted by Gasteiger charge is -2.24. The number of anilines is 2. The number of nitrogens with two attached hydrogens (primary N) is 1. The first-order valence-corrected chi connectivity index (χ1v) is 10.6. The van der Waals surface area contributed by atoms with E-state index < -0.39 is 33.6 Å².